The molecule has 0 fully saturated rings. The summed E-state index contributed by atoms with van der Waals surface area (Å²) in [7, 11) is 0. The van der Waals surface area contributed by atoms with Crippen LogP contribution in [-0.4, -0.2) is 16.3 Å². The summed E-state index contributed by atoms with van der Waals surface area (Å²) in [6.07, 6.45) is 3.28. The van der Waals surface area contributed by atoms with Crippen LogP contribution in [0, 0.1) is 0 Å². The van der Waals surface area contributed by atoms with Crippen LogP contribution >= 0.6 is 22.9 Å². The summed E-state index contributed by atoms with van der Waals surface area (Å²) in [5.41, 5.74) is 3.22. The maximum absolute atomic E-state index is 10.5. The molecule has 2 heterocycles. The van der Waals surface area contributed by atoms with Gasteiger partial charge in [0.2, 0.25) is 0 Å². The SMILES string of the molecule is O=Cc1cc(Cc2cncs2)[nH]c1Cl. The van der Waals surface area contributed by atoms with Crippen LogP contribution in [0.1, 0.15) is 20.9 Å². The lowest BCUT2D eigenvalue weighted by Gasteiger charge is -1.91. The van der Waals surface area contributed by atoms with Gasteiger partial charge in [0.1, 0.15) is 5.15 Å². The standard InChI is InChI=1S/C9H7ClN2OS/c10-9-6(4-13)1-7(12-9)2-8-3-11-5-14-8/h1,3-5,12H,2H2. The average molecular weight is 227 g/mol. The highest BCUT2D eigenvalue weighted by atomic mass is 35.5. The molecule has 0 saturated heterocycles. The van der Waals surface area contributed by atoms with Gasteiger partial charge in [0.05, 0.1) is 11.1 Å². The van der Waals surface area contributed by atoms with E-state index < -0.39 is 0 Å². The number of rotatable bonds is 3. The number of nitrogens with one attached hydrogen (secondary N) is 1. The number of hydrogen-bond donors (Lipinski definition) is 1. The summed E-state index contributed by atoms with van der Waals surface area (Å²) in [4.78, 5) is 18.6. The summed E-state index contributed by atoms with van der Waals surface area (Å²) in [6, 6.07) is 1.76. The van der Waals surface area contributed by atoms with Gasteiger partial charge in [-0.1, -0.05) is 11.6 Å². The van der Waals surface area contributed by atoms with Crippen LogP contribution < -0.4 is 0 Å². The summed E-state index contributed by atoms with van der Waals surface area (Å²) in [6.45, 7) is 0. The van der Waals surface area contributed by atoms with E-state index in [2.05, 4.69) is 9.97 Å². The molecule has 0 radical (unpaired) electrons. The molecule has 0 aliphatic carbocycles. The van der Waals surface area contributed by atoms with Gasteiger partial charge < -0.3 is 4.98 Å². The van der Waals surface area contributed by atoms with E-state index in [4.69, 9.17) is 11.6 Å². The number of carbonyl (C=O) groups excluding carboxylic acids is 1. The van der Waals surface area contributed by atoms with E-state index in [1.54, 1.807) is 29.1 Å². The fourth-order valence-electron chi connectivity index (χ4n) is 1.20. The van der Waals surface area contributed by atoms with Crippen LogP contribution in [0.25, 0.3) is 0 Å². The minimum absolute atomic E-state index is 0.402. The van der Waals surface area contributed by atoms with E-state index in [1.807, 2.05) is 0 Å². The third-order valence-electron chi connectivity index (χ3n) is 1.83. The minimum atomic E-state index is 0.402. The molecule has 0 saturated carbocycles. The monoisotopic (exact) mass is 226 g/mol. The van der Waals surface area contributed by atoms with E-state index >= 15 is 0 Å². The normalized spacial score (nSPS) is 10.4. The Balaban J connectivity index is 2.21. The van der Waals surface area contributed by atoms with E-state index in [1.165, 1.54) is 0 Å². The van der Waals surface area contributed by atoms with Gasteiger partial charge in [0, 0.05) is 23.2 Å². The molecular weight excluding hydrogens is 220 g/mol. The highest BCUT2D eigenvalue weighted by molar-refractivity contribution is 7.09. The summed E-state index contributed by atoms with van der Waals surface area (Å²) in [5, 5.41) is 0.402. The van der Waals surface area contributed by atoms with Crippen LogP contribution in [0.3, 0.4) is 0 Å². The number of aromatic amines is 1. The van der Waals surface area contributed by atoms with Crippen molar-refractivity contribution in [2.24, 2.45) is 0 Å². The van der Waals surface area contributed by atoms with Gasteiger partial charge in [-0.05, 0) is 6.07 Å². The maximum atomic E-state index is 10.5. The molecule has 14 heavy (non-hydrogen) atoms. The van der Waals surface area contributed by atoms with Crippen molar-refractivity contribution in [1.82, 2.24) is 9.97 Å². The predicted molar refractivity (Wildman–Crippen MR) is 56.1 cm³/mol. The van der Waals surface area contributed by atoms with Gasteiger partial charge in [-0.15, -0.1) is 11.3 Å². The molecule has 2 aromatic heterocycles. The lowest BCUT2D eigenvalue weighted by Crippen LogP contribution is -1.83. The van der Waals surface area contributed by atoms with Crippen LogP contribution in [0.5, 0.6) is 0 Å². The highest BCUT2D eigenvalue weighted by Crippen LogP contribution is 2.18. The fraction of sp³-hybridized carbons (Fsp3) is 0.111. The molecule has 0 aromatic carbocycles. The quantitative estimate of drug-likeness (QED) is 0.818. The summed E-state index contributed by atoms with van der Waals surface area (Å²) >= 11 is 7.36. The van der Waals surface area contributed by atoms with Crippen LogP contribution in [0.2, 0.25) is 5.15 Å². The molecule has 5 heteroatoms. The van der Waals surface area contributed by atoms with Crippen molar-refractivity contribution in [3.05, 3.63) is 39.1 Å². The zero-order chi connectivity index (χ0) is 9.97. The predicted octanol–water partition coefficient (Wildman–Crippen LogP) is 2.53. The molecule has 0 amide bonds. The second-order valence-electron chi connectivity index (χ2n) is 2.83. The average Bonchev–Trinajstić information content (AvgIpc) is 2.76. The lowest BCUT2D eigenvalue weighted by molar-refractivity contribution is 0.112. The first-order chi connectivity index (χ1) is 6.79. The van der Waals surface area contributed by atoms with Gasteiger partial charge in [-0.25, -0.2) is 0 Å². The van der Waals surface area contributed by atoms with Crippen molar-refractivity contribution in [3.63, 3.8) is 0 Å². The molecule has 0 aliphatic rings. The van der Waals surface area contributed by atoms with Crippen LogP contribution in [0.4, 0.5) is 0 Å². The molecule has 0 spiro atoms. The van der Waals surface area contributed by atoms with E-state index in [0.717, 1.165) is 23.3 Å². The molecule has 72 valence electrons. The number of halogens is 1. The van der Waals surface area contributed by atoms with Gasteiger partial charge in [-0.2, -0.15) is 0 Å². The Bertz CT molecular complexity index is 436. The van der Waals surface area contributed by atoms with Crippen molar-refractivity contribution in [1.29, 1.82) is 0 Å². The number of hydrogen-bond acceptors (Lipinski definition) is 3. The Kier molecular flexibility index (Phi) is 2.65. The van der Waals surface area contributed by atoms with Crippen molar-refractivity contribution >= 4 is 29.2 Å². The molecule has 3 nitrogen and oxygen atoms in total. The molecule has 2 rings (SSSR count). The zero-order valence-electron chi connectivity index (χ0n) is 7.16. The van der Waals surface area contributed by atoms with Crippen LogP contribution in [-0.2, 0) is 6.42 Å². The molecule has 1 N–H and O–H groups in total. The number of H-pyrrole nitrogens is 1. The molecule has 0 bridgehead atoms. The summed E-state index contributed by atoms with van der Waals surface area (Å²) < 4.78 is 0. The van der Waals surface area contributed by atoms with Gasteiger partial charge in [-0.3, -0.25) is 9.78 Å². The van der Waals surface area contributed by atoms with Gasteiger partial charge in [0.25, 0.3) is 0 Å². The highest BCUT2D eigenvalue weighted by Gasteiger charge is 2.06. The third-order valence-corrected chi connectivity index (χ3v) is 2.92. The number of aromatic nitrogens is 2. The Morgan fingerprint density at radius 3 is 3.07 bits per heavy atom. The second kappa shape index (κ2) is 3.94. The van der Waals surface area contributed by atoms with Gasteiger partial charge >= 0.3 is 0 Å². The summed E-state index contributed by atoms with van der Waals surface area (Å²) in [5.74, 6) is 0. The van der Waals surface area contributed by atoms with Crippen molar-refractivity contribution < 1.29 is 4.79 Å². The van der Waals surface area contributed by atoms with E-state index in [-0.39, 0.29) is 0 Å². The molecule has 0 aliphatic heterocycles. The number of nitrogens with zero attached hydrogens (tertiary/aromatic N) is 1. The number of thiazole rings is 1. The Hall–Kier alpha value is -1.13. The Labute approximate surface area is 89.8 Å². The first-order valence-corrected chi connectivity index (χ1v) is 5.25. The topological polar surface area (TPSA) is 45.8 Å². The number of aldehydes is 1. The minimum Gasteiger partial charge on any atom is -0.349 e. The van der Waals surface area contributed by atoms with Crippen molar-refractivity contribution in [2.45, 2.75) is 6.42 Å². The number of carbonyl (C=O) groups is 1. The maximum Gasteiger partial charge on any atom is 0.153 e. The van der Waals surface area contributed by atoms with E-state index in [0.29, 0.717) is 10.7 Å². The van der Waals surface area contributed by atoms with Crippen molar-refractivity contribution in [2.75, 3.05) is 0 Å². The van der Waals surface area contributed by atoms with Crippen LogP contribution in [0.15, 0.2) is 17.8 Å². The smallest absolute Gasteiger partial charge is 0.153 e. The molecule has 0 unspecified atom stereocenters. The Morgan fingerprint density at radius 2 is 2.50 bits per heavy atom. The zero-order valence-corrected chi connectivity index (χ0v) is 8.73. The first kappa shape index (κ1) is 9.43. The lowest BCUT2D eigenvalue weighted by atomic mass is 10.2. The second-order valence-corrected chi connectivity index (χ2v) is 4.18. The first-order valence-electron chi connectivity index (χ1n) is 3.99. The van der Waals surface area contributed by atoms with E-state index in [9.17, 15) is 4.79 Å². The third kappa shape index (κ3) is 1.86. The molecule has 0 atom stereocenters. The fourth-order valence-corrected chi connectivity index (χ4v) is 2.04. The molecular formula is C9H7ClN2OS. The van der Waals surface area contributed by atoms with Gasteiger partial charge in [0.15, 0.2) is 6.29 Å². The Morgan fingerprint density at radius 1 is 1.64 bits per heavy atom. The molecule has 2 aromatic rings. The van der Waals surface area contributed by atoms with Crippen molar-refractivity contribution in [3.8, 4) is 0 Å². The largest absolute Gasteiger partial charge is 0.349 e.